The summed E-state index contributed by atoms with van der Waals surface area (Å²) in [5.74, 6) is -0.908. The van der Waals surface area contributed by atoms with Crippen LogP contribution in [0.2, 0.25) is 0 Å². The van der Waals surface area contributed by atoms with Crippen molar-refractivity contribution in [3.05, 3.63) is 0 Å². The van der Waals surface area contributed by atoms with Crippen molar-refractivity contribution in [2.75, 3.05) is 20.3 Å². The quantitative estimate of drug-likeness (QED) is 0.612. The Balaban J connectivity index is 4.20. The van der Waals surface area contributed by atoms with E-state index >= 15 is 0 Å². The summed E-state index contributed by atoms with van der Waals surface area (Å²) in [6.45, 7) is 5.88. The van der Waals surface area contributed by atoms with E-state index in [1.165, 1.54) is 0 Å². The third-order valence-corrected chi connectivity index (χ3v) is 3.13. The summed E-state index contributed by atoms with van der Waals surface area (Å²) in [5.41, 5.74) is -0.930. The van der Waals surface area contributed by atoms with Gasteiger partial charge in [-0.3, -0.25) is 4.79 Å². The van der Waals surface area contributed by atoms with Crippen LogP contribution in [0.25, 0.3) is 0 Å². The van der Waals surface area contributed by atoms with Crippen molar-refractivity contribution in [1.82, 2.24) is 10.6 Å². The van der Waals surface area contributed by atoms with E-state index in [4.69, 9.17) is 9.84 Å². The number of hydrogen-bond acceptors (Lipinski definition) is 3. The van der Waals surface area contributed by atoms with E-state index in [0.29, 0.717) is 13.0 Å². The highest BCUT2D eigenvalue weighted by molar-refractivity contribution is 5.77. The number of carboxylic acid groups (broad SMARTS) is 1. The molecule has 0 spiro atoms. The molecule has 6 nitrogen and oxygen atoms in total. The number of rotatable bonds is 8. The number of carbonyl (C=O) groups is 2. The molecule has 0 aromatic carbocycles. The third-order valence-electron chi connectivity index (χ3n) is 3.13. The van der Waals surface area contributed by atoms with Gasteiger partial charge in [-0.15, -0.1) is 0 Å². The smallest absolute Gasteiger partial charge is 0.315 e. The summed E-state index contributed by atoms with van der Waals surface area (Å²) in [6, 6.07) is -0.424. The van der Waals surface area contributed by atoms with Crippen LogP contribution >= 0.6 is 0 Å². The van der Waals surface area contributed by atoms with Crippen LogP contribution in [0, 0.1) is 5.41 Å². The van der Waals surface area contributed by atoms with Gasteiger partial charge in [0.2, 0.25) is 0 Å². The molecule has 106 valence electrons. The molecule has 2 unspecified atom stereocenters. The highest BCUT2D eigenvalue weighted by Crippen LogP contribution is 2.19. The van der Waals surface area contributed by atoms with Crippen molar-refractivity contribution in [3.8, 4) is 0 Å². The standard InChI is InChI=1S/C12H24N2O4/c1-5-9(7-18-4)14-11(17)13-8-12(3,6-2)10(15)16/h9H,5-8H2,1-4H3,(H,15,16)(H2,13,14,17). The lowest BCUT2D eigenvalue weighted by atomic mass is 9.88. The van der Waals surface area contributed by atoms with Crippen molar-refractivity contribution < 1.29 is 19.4 Å². The number of carbonyl (C=O) groups excluding carboxylic acids is 1. The summed E-state index contributed by atoms with van der Waals surface area (Å²) >= 11 is 0. The Kier molecular flexibility index (Phi) is 7.35. The minimum absolute atomic E-state index is 0.0623. The Bertz CT molecular complexity index is 283. The maximum absolute atomic E-state index is 11.6. The molecule has 3 N–H and O–H groups in total. The van der Waals surface area contributed by atoms with Crippen molar-refractivity contribution >= 4 is 12.0 Å². The van der Waals surface area contributed by atoms with E-state index in [-0.39, 0.29) is 18.6 Å². The molecular formula is C12H24N2O4. The highest BCUT2D eigenvalue weighted by Gasteiger charge is 2.31. The fraction of sp³-hybridized carbons (Fsp3) is 0.833. The lowest BCUT2D eigenvalue weighted by molar-refractivity contribution is -0.147. The number of ether oxygens (including phenoxy) is 1. The molecule has 2 amide bonds. The molecule has 0 aromatic rings. The first-order valence-electron chi connectivity index (χ1n) is 6.16. The number of carboxylic acids is 1. The zero-order valence-electron chi connectivity index (χ0n) is 11.6. The van der Waals surface area contributed by atoms with Gasteiger partial charge < -0.3 is 20.5 Å². The van der Waals surface area contributed by atoms with Gasteiger partial charge in [0.05, 0.1) is 18.1 Å². The fourth-order valence-corrected chi connectivity index (χ4v) is 1.33. The van der Waals surface area contributed by atoms with Crippen LogP contribution in [-0.4, -0.2) is 43.4 Å². The number of aliphatic carboxylic acids is 1. The average molecular weight is 260 g/mol. The van der Waals surface area contributed by atoms with Gasteiger partial charge in [0.15, 0.2) is 0 Å². The zero-order valence-corrected chi connectivity index (χ0v) is 11.6. The number of hydrogen-bond donors (Lipinski definition) is 3. The SMILES string of the molecule is CCC(COC)NC(=O)NCC(C)(CC)C(=O)O. The number of methoxy groups -OCH3 is 1. The van der Waals surface area contributed by atoms with Crippen LogP contribution in [0.5, 0.6) is 0 Å². The predicted octanol–water partition coefficient (Wildman–Crippen LogP) is 1.21. The van der Waals surface area contributed by atoms with Gasteiger partial charge in [0.25, 0.3) is 0 Å². The topological polar surface area (TPSA) is 87.7 Å². The highest BCUT2D eigenvalue weighted by atomic mass is 16.5. The molecule has 0 bridgehead atoms. The lowest BCUT2D eigenvalue weighted by Crippen LogP contribution is -2.48. The molecule has 0 saturated carbocycles. The fourth-order valence-electron chi connectivity index (χ4n) is 1.33. The number of urea groups is 1. The molecule has 0 fully saturated rings. The molecule has 6 heteroatoms. The predicted molar refractivity (Wildman–Crippen MR) is 68.5 cm³/mol. The maximum Gasteiger partial charge on any atom is 0.315 e. The number of nitrogens with one attached hydrogen (secondary N) is 2. The van der Waals surface area contributed by atoms with E-state index in [0.717, 1.165) is 6.42 Å². The average Bonchev–Trinajstić information content (AvgIpc) is 2.35. The van der Waals surface area contributed by atoms with E-state index in [2.05, 4.69) is 10.6 Å². The molecule has 0 radical (unpaired) electrons. The summed E-state index contributed by atoms with van der Waals surface area (Å²) < 4.78 is 4.96. The van der Waals surface area contributed by atoms with Crippen molar-refractivity contribution in [2.45, 2.75) is 39.7 Å². The minimum Gasteiger partial charge on any atom is -0.481 e. The van der Waals surface area contributed by atoms with E-state index < -0.39 is 11.4 Å². The Hall–Kier alpha value is -1.30. The van der Waals surface area contributed by atoms with Gasteiger partial charge >= 0.3 is 12.0 Å². The first-order valence-corrected chi connectivity index (χ1v) is 6.16. The zero-order chi connectivity index (χ0) is 14.2. The Labute approximate surface area is 108 Å². The van der Waals surface area contributed by atoms with E-state index in [1.807, 2.05) is 6.92 Å². The number of amides is 2. The molecule has 0 aliphatic heterocycles. The first-order chi connectivity index (χ1) is 8.39. The molecule has 0 aliphatic rings. The van der Waals surface area contributed by atoms with Gasteiger partial charge in [-0.25, -0.2) is 4.79 Å². The molecule has 0 aliphatic carbocycles. The van der Waals surface area contributed by atoms with Gasteiger partial charge in [0, 0.05) is 13.7 Å². The van der Waals surface area contributed by atoms with E-state index in [1.54, 1.807) is 21.0 Å². The van der Waals surface area contributed by atoms with Crippen LogP contribution in [0.4, 0.5) is 4.79 Å². The summed E-state index contributed by atoms with van der Waals surface area (Å²) in [5, 5.41) is 14.4. The molecule has 18 heavy (non-hydrogen) atoms. The second-order valence-electron chi connectivity index (χ2n) is 4.61. The summed E-state index contributed by atoms with van der Waals surface area (Å²) in [4.78, 5) is 22.7. The first kappa shape index (κ1) is 16.7. The molecular weight excluding hydrogens is 236 g/mol. The van der Waals surface area contributed by atoms with Crippen molar-refractivity contribution in [2.24, 2.45) is 5.41 Å². The molecule has 0 saturated heterocycles. The van der Waals surface area contributed by atoms with Crippen LogP contribution < -0.4 is 10.6 Å². The molecule has 0 aromatic heterocycles. The molecule has 0 heterocycles. The maximum atomic E-state index is 11.6. The Morgan fingerprint density at radius 2 is 2.00 bits per heavy atom. The third kappa shape index (κ3) is 5.35. The van der Waals surface area contributed by atoms with Gasteiger partial charge in [0.1, 0.15) is 0 Å². The van der Waals surface area contributed by atoms with Crippen molar-refractivity contribution in [1.29, 1.82) is 0 Å². The van der Waals surface area contributed by atoms with Gasteiger partial charge in [-0.1, -0.05) is 13.8 Å². The van der Waals surface area contributed by atoms with Gasteiger partial charge in [-0.2, -0.15) is 0 Å². The summed E-state index contributed by atoms with van der Waals surface area (Å²) in [6.07, 6.45) is 1.21. The Morgan fingerprint density at radius 1 is 1.39 bits per heavy atom. The van der Waals surface area contributed by atoms with Crippen molar-refractivity contribution in [3.63, 3.8) is 0 Å². The van der Waals surface area contributed by atoms with Gasteiger partial charge in [-0.05, 0) is 19.8 Å². The van der Waals surface area contributed by atoms with Crippen LogP contribution in [0.15, 0.2) is 0 Å². The summed E-state index contributed by atoms with van der Waals surface area (Å²) in [7, 11) is 1.57. The van der Waals surface area contributed by atoms with Crippen LogP contribution in [-0.2, 0) is 9.53 Å². The minimum atomic E-state index is -0.930. The van der Waals surface area contributed by atoms with Crippen LogP contribution in [0.1, 0.15) is 33.6 Å². The molecule has 0 rings (SSSR count). The van der Waals surface area contributed by atoms with Crippen LogP contribution in [0.3, 0.4) is 0 Å². The Morgan fingerprint density at radius 3 is 2.39 bits per heavy atom. The normalized spacial score (nSPS) is 15.6. The largest absolute Gasteiger partial charge is 0.481 e. The van der Waals surface area contributed by atoms with E-state index in [9.17, 15) is 9.59 Å². The second-order valence-corrected chi connectivity index (χ2v) is 4.61. The second kappa shape index (κ2) is 7.92. The lowest BCUT2D eigenvalue weighted by Gasteiger charge is -2.24. The monoisotopic (exact) mass is 260 g/mol. The molecule has 2 atom stereocenters.